The maximum atomic E-state index is 13.2. The number of allylic oxidation sites excluding steroid dienone is 1. The highest BCUT2D eigenvalue weighted by molar-refractivity contribution is 6.13. The third kappa shape index (κ3) is 9.39. The lowest BCUT2D eigenvalue weighted by Crippen LogP contribution is -2.32. The van der Waals surface area contributed by atoms with Crippen LogP contribution in [0.25, 0.3) is 6.08 Å². The van der Waals surface area contributed by atoms with Crippen molar-refractivity contribution in [2.75, 3.05) is 11.9 Å². The molecule has 2 amide bonds. The second kappa shape index (κ2) is 14.4. The molecule has 0 radical (unpaired) electrons. The molecule has 1 aliphatic carbocycles. The van der Waals surface area contributed by atoms with Crippen LogP contribution in [0.15, 0.2) is 42.0 Å². The first-order valence-corrected chi connectivity index (χ1v) is 14.3. The SMILES string of the molecule is O=C(CCCCCC(=O)Nc1ccc2c(c1)CC/C(=C\c1cc(C(F)(F)F)cc(C(F)(F)F)c1)C2=O)NOC1CCCCO1. The summed E-state index contributed by atoms with van der Waals surface area (Å²) in [4.78, 5) is 42.6. The molecule has 2 aromatic rings. The van der Waals surface area contributed by atoms with Crippen molar-refractivity contribution in [2.45, 2.75) is 82.9 Å². The Kier molecular flexibility index (Phi) is 10.8. The number of halogens is 6. The summed E-state index contributed by atoms with van der Waals surface area (Å²) in [5.74, 6) is -1.01. The molecule has 2 aromatic carbocycles. The summed E-state index contributed by atoms with van der Waals surface area (Å²) in [6.45, 7) is 0.606. The first kappa shape index (κ1) is 33.2. The number of benzene rings is 2. The van der Waals surface area contributed by atoms with Crippen LogP contribution >= 0.6 is 0 Å². The predicted molar refractivity (Wildman–Crippen MR) is 148 cm³/mol. The van der Waals surface area contributed by atoms with Gasteiger partial charge < -0.3 is 10.1 Å². The first-order chi connectivity index (χ1) is 20.8. The number of anilines is 1. The van der Waals surface area contributed by atoms with Gasteiger partial charge >= 0.3 is 12.4 Å². The largest absolute Gasteiger partial charge is 0.416 e. The van der Waals surface area contributed by atoms with Gasteiger partial charge in [0.15, 0.2) is 12.1 Å². The minimum Gasteiger partial charge on any atom is -0.350 e. The van der Waals surface area contributed by atoms with E-state index in [0.717, 1.165) is 25.3 Å². The highest BCUT2D eigenvalue weighted by atomic mass is 19.4. The molecule has 2 N–H and O–H groups in total. The second-order valence-electron chi connectivity index (χ2n) is 10.8. The topological polar surface area (TPSA) is 93.7 Å². The third-order valence-corrected chi connectivity index (χ3v) is 7.29. The standard InChI is InChI=1S/C31H32F6N2O5/c32-30(33,34)22-15-19(16-23(18-22)31(35,36)37)14-21-10-9-20-17-24(11-12-25(20)29(21)42)38-26(40)6-2-1-3-7-27(41)39-44-28-8-4-5-13-43-28/h11-12,14-18,28H,1-10,13H2,(H,38,40)(H,39,41)/b21-14+. The Morgan fingerprint density at radius 2 is 1.57 bits per heavy atom. The van der Waals surface area contributed by atoms with E-state index in [1.165, 1.54) is 12.1 Å². The zero-order chi connectivity index (χ0) is 31.9. The first-order valence-electron chi connectivity index (χ1n) is 14.3. The average molecular weight is 627 g/mol. The van der Waals surface area contributed by atoms with Crippen molar-refractivity contribution < 1.29 is 50.3 Å². The van der Waals surface area contributed by atoms with Crippen LogP contribution in [0.2, 0.25) is 0 Å². The number of hydroxylamine groups is 1. The molecule has 0 saturated carbocycles. The van der Waals surface area contributed by atoms with Gasteiger partial charge in [-0.25, -0.2) is 10.3 Å². The summed E-state index contributed by atoms with van der Waals surface area (Å²) in [6, 6.07) is 5.84. The molecule has 0 bridgehead atoms. The zero-order valence-corrected chi connectivity index (χ0v) is 23.7. The molecule has 1 aliphatic heterocycles. The number of carbonyl (C=O) groups excluding carboxylic acids is 3. The number of ether oxygens (including phenoxy) is 1. The molecule has 0 spiro atoms. The fraction of sp³-hybridized carbons (Fsp3) is 0.452. The monoisotopic (exact) mass is 626 g/mol. The predicted octanol–water partition coefficient (Wildman–Crippen LogP) is 7.40. The number of hydrogen-bond acceptors (Lipinski definition) is 5. The van der Waals surface area contributed by atoms with Crippen LogP contribution in [0.5, 0.6) is 0 Å². The van der Waals surface area contributed by atoms with Crippen molar-refractivity contribution in [1.29, 1.82) is 0 Å². The van der Waals surface area contributed by atoms with E-state index >= 15 is 0 Å². The Morgan fingerprint density at radius 3 is 2.20 bits per heavy atom. The Bertz CT molecular complexity index is 1360. The molecule has 7 nitrogen and oxygen atoms in total. The smallest absolute Gasteiger partial charge is 0.350 e. The number of alkyl halides is 6. The number of rotatable bonds is 10. The lowest BCUT2D eigenvalue weighted by molar-refractivity contribution is -0.200. The van der Waals surface area contributed by atoms with E-state index in [-0.39, 0.29) is 53.8 Å². The maximum Gasteiger partial charge on any atom is 0.416 e. The van der Waals surface area contributed by atoms with E-state index in [4.69, 9.17) is 9.57 Å². The van der Waals surface area contributed by atoms with Gasteiger partial charge in [-0.1, -0.05) is 6.42 Å². The fourth-order valence-electron chi connectivity index (χ4n) is 5.01. The number of Topliss-reactive ketones (excluding diaryl/α,β-unsaturated/α-hetero) is 1. The molecule has 1 unspecified atom stereocenters. The van der Waals surface area contributed by atoms with Gasteiger partial charge in [0.2, 0.25) is 11.8 Å². The molecule has 1 heterocycles. The minimum atomic E-state index is -4.99. The molecule has 238 valence electrons. The Labute approximate surface area is 249 Å². The lowest BCUT2D eigenvalue weighted by Gasteiger charge is -2.22. The van der Waals surface area contributed by atoms with Crippen molar-refractivity contribution >= 4 is 29.4 Å². The quantitative estimate of drug-likeness (QED) is 0.124. The van der Waals surface area contributed by atoms with Crippen LogP contribution in [0.1, 0.15) is 90.4 Å². The van der Waals surface area contributed by atoms with Gasteiger partial charge in [0, 0.05) is 42.7 Å². The highest BCUT2D eigenvalue weighted by Gasteiger charge is 2.37. The minimum absolute atomic E-state index is 0.0410. The van der Waals surface area contributed by atoms with Gasteiger partial charge in [-0.05, 0) is 92.1 Å². The Hall–Kier alpha value is -3.71. The lowest BCUT2D eigenvalue weighted by atomic mass is 9.85. The summed E-state index contributed by atoms with van der Waals surface area (Å²) in [5, 5.41) is 2.76. The number of fused-ring (bicyclic) bond motifs is 1. The van der Waals surface area contributed by atoms with Gasteiger partial charge in [-0.3, -0.25) is 14.4 Å². The number of nitrogens with one attached hydrogen (secondary N) is 2. The molecule has 1 atom stereocenters. The fourth-order valence-corrected chi connectivity index (χ4v) is 5.01. The molecule has 2 aliphatic rings. The van der Waals surface area contributed by atoms with Gasteiger partial charge in [0.25, 0.3) is 0 Å². The second-order valence-corrected chi connectivity index (χ2v) is 10.8. The van der Waals surface area contributed by atoms with Crippen LogP contribution in [0.4, 0.5) is 32.0 Å². The van der Waals surface area contributed by atoms with Crippen LogP contribution < -0.4 is 10.8 Å². The summed E-state index contributed by atoms with van der Waals surface area (Å²) in [5.41, 5.74) is 0.532. The van der Waals surface area contributed by atoms with E-state index in [2.05, 4.69) is 10.8 Å². The molecule has 44 heavy (non-hydrogen) atoms. The summed E-state index contributed by atoms with van der Waals surface area (Å²) >= 11 is 0. The van der Waals surface area contributed by atoms with Crippen molar-refractivity contribution in [3.8, 4) is 0 Å². The molecular weight excluding hydrogens is 594 g/mol. The van der Waals surface area contributed by atoms with E-state index < -0.39 is 35.6 Å². The summed E-state index contributed by atoms with van der Waals surface area (Å²) in [6.07, 6.45) is -4.01. The van der Waals surface area contributed by atoms with E-state index in [9.17, 15) is 40.7 Å². The molecular formula is C31H32F6N2O5. The van der Waals surface area contributed by atoms with Crippen LogP contribution in [0.3, 0.4) is 0 Å². The van der Waals surface area contributed by atoms with E-state index in [1.807, 2.05) is 0 Å². The molecule has 4 rings (SSSR count). The van der Waals surface area contributed by atoms with E-state index in [0.29, 0.717) is 55.7 Å². The van der Waals surface area contributed by atoms with Crippen molar-refractivity contribution in [1.82, 2.24) is 5.48 Å². The molecule has 13 heteroatoms. The Morgan fingerprint density at radius 1 is 0.886 bits per heavy atom. The van der Waals surface area contributed by atoms with Gasteiger partial charge in [0.05, 0.1) is 11.1 Å². The molecule has 0 aromatic heterocycles. The number of ketones is 1. The van der Waals surface area contributed by atoms with Gasteiger partial charge in [0.1, 0.15) is 0 Å². The number of hydrogen-bond donors (Lipinski definition) is 2. The zero-order valence-electron chi connectivity index (χ0n) is 23.7. The number of carbonyl (C=O) groups is 3. The number of aryl methyl sites for hydroxylation is 1. The maximum absolute atomic E-state index is 13.2. The number of unbranched alkanes of at least 4 members (excludes halogenated alkanes) is 2. The van der Waals surface area contributed by atoms with Gasteiger partial charge in [-0.2, -0.15) is 26.3 Å². The summed E-state index contributed by atoms with van der Waals surface area (Å²) < 4.78 is 84.7. The third-order valence-electron chi connectivity index (χ3n) is 7.29. The van der Waals surface area contributed by atoms with E-state index in [1.54, 1.807) is 6.07 Å². The molecule has 1 fully saturated rings. The summed E-state index contributed by atoms with van der Waals surface area (Å²) in [7, 11) is 0. The number of amides is 2. The van der Waals surface area contributed by atoms with Crippen LogP contribution in [-0.2, 0) is 37.9 Å². The van der Waals surface area contributed by atoms with Crippen LogP contribution in [-0.4, -0.2) is 30.5 Å². The Balaban J connectivity index is 1.27. The van der Waals surface area contributed by atoms with Crippen molar-refractivity contribution in [2.24, 2.45) is 0 Å². The average Bonchev–Trinajstić information content (AvgIpc) is 2.97. The van der Waals surface area contributed by atoms with Crippen molar-refractivity contribution in [3.05, 3.63) is 69.8 Å². The normalized spacial score (nSPS) is 18.2. The van der Waals surface area contributed by atoms with Crippen LogP contribution in [0, 0.1) is 0 Å². The van der Waals surface area contributed by atoms with Gasteiger partial charge in [-0.15, -0.1) is 0 Å². The highest BCUT2D eigenvalue weighted by Crippen LogP contribution is 2.37. The molecule has 1 saturated heterocycles. The van der Waals surface area contributed by atoms with Crippen molar-refractivity contribution in [3.63, 3.8) is 0 Å².